The van der Waals surface area contributed by atoms with Crippen molar-refractivity contribution in [3.8, 4) is 0 Å². The summed E-state index contributed by atoms with van der Waals surface area (Å²) in [6.07, 6.45) is 0. The molecule has 0 radical (unpaired) electrons. The van der Waals surface area contributed by atoms with Crippen LogP contribution in [0.5, 0.6) is 0 Å². The van der Waals surface area contributed by atoms with Crippen LogP contribution in [0.2, 0.25) is 18.1 Å². The Morgan fingerprint density at radius 2 is 1.59 bits per heavy atom. The van der Waals surface area contributed by atoms with E-state index in [1.165, 1.54) is 0 Å². The fourth-order valence-electron chi connectivity index (χ4n) is 2.02. The Hall–Kier alpha value is -1.72. The summed E-state index contributed by atoms with van der Waals surface area (Å²) < 4.78 is 6.06. The van der Waals surface area contributed by atoms with Crippen LogP contribution in [-0.4, -0.2) is 31.6 Å². The second kappa shape index (κ2) is 5.48. The standard InChI is InChI=1S/C17H23NO3Si/c1-12(11-21-22(5,6)17(2,3)4)18-15(19)13-9-7-8-10-14(13)16(18)20/h7-10H,1,11H2,2-6H3. The van der Waals surface area contributed by atoms with E-state index in [4.69, 9.17) is 4.43 Å². The number of imide groups is 1. The molecule has 1 aromatic carbocycles. The monoisotopic (exact) mass is 317 g/mol. The van der Waals surface area contributed by atoms with Crippen LogP contribution < -0.4 is 0 Å². The molecule has 5 heteroatoms. The van der Waals surface area contributed by atoms with Gasteiger partial charge in [-0.2, -0.15) is 0 Å². The third-order valence-corrected chi connectivity index (χ3v) is 8.99. The minimum atomic E-state index is -1.95. The summed E-state index contributed by atoms with van der Waals surface area (Å²) in [5.41, 5.74) is 1.26. The van der Waals surface area contributed by atoms with E-state index in [0.29, 0.717) is 16.8 Å². The fraction of sp³-hybridized carbons (Fsp3) is 0.412. The van der Waals surface area contributed by atoms with Crippen LogP contribution >= 0.6 is 0 Å². The zero-order valence-electron chi connectivity index (χ0n) is 13.9. The van der Waals surface area contributed by atoms with Crippen molar-refractivity contribution in [1.82, 2.24) is 4.90 Å². The summed E-state index contributed by atoms with van der Waals surface area (Å²) in [4.78, 5) is 25.9. The molecule has 2 rings (SSSR count). The largest absolute Gasteiger partial charge is 0.411 e. The van der Waals surface area contributed by atoms with Crippen molar-refractivity contribution in [3.05, 3.63) is 47.7 Å². The molecule has 0 unspecified atom stereocenters. The second-order valence-corrected chi connectivity index (χ2v) is 11.9. The molecule has 0 N–H and O–H groups in total. The number of carbonyl (C=O) groups excluding carboxylic acids is 2. The summed E-state index contributed by atoms with van der Waals surface area (Å²) in [5.74, 6) is -0.631. The number of amides is 2. The van der Waals surface area contributed by atoms with Crippen molar-refractivity contribution in [1.29, 1.82) is 0 Å². The average Bonchev–Trinajstić information content (AvgIpc) is 2.68. The highest BCUT2D eigenvalue weighted by Gasteiger charge is 2.40. The van der Waals surface area contributed by atoms with Crippen LogP contribution in [0, 0.1) is 0 Å². The first-order valence-corrected chi connectivity index (χ1v) is 10.3. The first-order valence-electron chi connectivity index (χ1n) is 7.36. The maximum atomic E-state index is 12.4. The van der Waals surface area contributed by atoms with Gasteiger partial charge in [-0.1, -0.05) is 39.5 Å². The molecule has 1 aromatic rings. The van der Waals surface area contributed by atoms with E-state index >= 15 is 0 Å². The molecule has 0 aromatic heterocycles. The average molecular weight is 317 g/mol. The van der Waals surface area contributed by atoms with E-state index in [1.54, 1.807) is 24.3 Å². The van der Waals surface area contributed by atoms with Gasteiger partial charge >= 0.3 is 0 Å². The van der Waals surface area contributed by atoms with Crippen molar-refractivity contribution in [2.75, 3.05) is 6.61 Å². The van der Waals surface area contributed by atoms with Crippen molar-refractivity contribution in [2.24, 2.45) is 0 Å². The molecule has 2 amide bonds. The molecule has 0 atom stereocenters. The number of benzene rings is 1. The molecule has 1 aliphatic rings. The van der Waals surface area contributed by atoms with Gasteiger partial charge in [-0.25, -0.2) is 4.90 Å². The lowest BCUT2D eigenvalue weighted by molar-refractivity contribution is 0.0687. The van der Waals surface area contributed by atoms with Gasteiger partial charge in [-0.05, 0) is 30.3 Å². The van der Waals surface area contributed by atoms with Crippen LogP contribution in [0.1, 0.15) is 41.5 Å². The Morgan fingerprint density at radius 1 is 1.14 bits per heavy atom. The molecular weight excluding hydrogens is 294 g/mol. The highest BCUT2D eigenvalue weighted by molar-refractivity contribution is 6.74. The highest BCUT2D eigenvalue weighted by atomic mass is 28.4. The van der Waals surface area contributed by atoms with Gasteiger partial charge in [-0.15, -0.1) is 0 Å². The van der Waals surface area contributed by atoms with Crippen LogP contribution in [0.4, 0.5) is 0 Å². The van der Waals surface area contributed by atoms with Gasteiger partial charge in [0.1, 0.15) is 0 Å². The summed E-state index contributed by atoms with van der Waals surface area (Å²) in [6, 6.07) is 6.83. The number of rotatable bonds is 4. The minimum Gasteiger partial charge on any atom is -0.411 e. The van der Waals surface area contributed by atoms with E-state index in [9.17, 15) is 9.59 Å². The van der Waals surface area contributed by atoms with E-state index < -0.39 is 8.32 Å². The summed E-state index contributed by atoms with van der Waals surface area (Å²) in [5, 5.41) is 0.0648. The lowest BCUT2D eigenvalue weighted by atomic mass is 10.1. The quantitative estimate of drug-likeness (QED) is 0.626. The van der Waals surface area contributed by atoms with Crippen molar-refractivity contribution < 1.29 is 14.0 Å². The van der Waals surface area contributed by atoms with Crippen LogP contribution in [0.15, 0.2) is 36.5 Å². The Morgan fingerprint density at radius 3 is 2.00 bits per heavy atom. The second-order valence-electron chi connectivity index (χ2n) is 7.11. The Bertz CT molecular complexity index is 609. The van der Waals surface area contributed by atoms with Crippen LogP contribution in [0.25, 0.3) is 0 Å². The lowest BCUT2D eigenvalue weighted by Crippen LogP contribution is -2.42. The van der Waals surface area contributed by atoms with Gasteiger partial charge in [0.25, 0.3) is 11.8 Å². The maximum Gasteiger partial charge on any atom is 0.265 e. The van der Waals surface area contributed by atoms with E-state index in [0.717, 1.165) is 4.90 Å². The van der Waals surface area contributed by atoms with Crippen LogP contribution in [-0.2, 0) is 4.43 Å². The molecule has 4 nitrogen and oxygen atoms in total. The Balaban J connectivity index is 2.13. The maximum absolute atomic E-state index is 12.4. The van der Waals surface area contributed by atoms with Crippen molar-refractivity contribution >= 4 is 20.1 Å². The van der Waals surface area contributed by atoms with Gasteiger partial charge in [0.2, 0.25) is 0 Å². The summed E-state index contributed by atoms with van der Waals surface area (Å²) in [7, 11) is -1.95. The lowest BCUT2D eigenvalue weighted by Gasteiger charge is -2.36. The summed E-state index contributed by atoms with van der Waals surface area (Å²) >= 11 is 0. The highest BCUT2D eigenvalue weighted by Crippen LogP contribution is 2.37. The Kier molecular flexibility index (Phi) is 4.15. The molecule has 0 bridgehead atoms. The van der Waals surface area contributed by atoms with E-state index in [-0.39, 0.29) is 23.5 Å². The van der Waals surface area contributed by atoms with E-state index in [1.807, 2.05) is 0 Å². The molecule has 0 aliphatic carbocycles. The normalized spacial score (nSPS) is 15.2. The van der Waals surface area contributed by atoms with Crippen molar-refractivity contribution in [3.63, 3.8) is 0 Å². The zero-order valence-corrected chi connectivity index (χ0v) is 14.9. The molecule has 22 heavy (non-hydrogen) atoms. The number of hydrogen-bond acceptors (Lipinski definition) is 3. The molecule has 118 valence electrons. The van der Waals surface area contributed by atoms with Gasteiger partial charge in [0.15, 0.2) is 8.32 Å². The van der Waals surface area contributed by atoms with E-state index in [2.05, 4.69) is 40.4 Å². The minimum absolute atomic E-state index is 0.0648. The van der Waals surface area contributed by atoms with Gasteiger partial charge in [-0.3, -0.25) is 9.59 Å². The molecule has 1 aliphatic heterocycles. The van der Waals surface area contributed by atoms with Crippen LogP contribution in [0.3, 0.4) is 0 Å². The third-order valence-electron chi connectivity index (χ3n) is 4.52. The first-order chi connectivity index (χ1) is 10.1. The smallest absolute Gasteiger partial charge is 0.265 e. The number of nitrogens with zero attached hydrogens (tertiary/aromatic N) is 1. The molecule has 0 spiro atoms. The third kappa shape index (κ3) is 2.78. The SMILES string of the molecule is C=C(CO[Si](C)(C)C(C)(C)C)N1C(=O)c2ccccc2C1=O. The fourth-order valence-corrected chi connectivity index (χ4v) is 2.98. The molecule has 0 saturated heterocycles. The molecule has 1 heterocycles. The number of fused-ring (bicyclic) bond motifs is 1. The number of hydrogen-bond donors (Lipinski definition) is 0. The molecular formula is C17H23NO3Si. The topological polar surface area (TPSA) is 46.6 Å². The first kappa shape index (κ1) is 16.6. The predicted octanol–water partition coefficient (Wildman–Crippen LogP) is 3.82. The van der Waals surface area contributed by atoms with Crippen molar-refractivity contribution in [2.45, 2.75) is 38.9 Å². The number of carbonyl (C=O) groups is 2. The van der Waals surface area contributed by atoms with Gasteiger partial charge < -0.3 is 4.43 Å². The Labute approximate surface area is 132 Å². The van der Waals surface area contributed by atoms with Gasteiger partial charge in [0, 0.05) is 5.70 Å². The predicted molar refractivity (Wildman–Crippen MR) is 89.2 cm³/mol. The molecule has 0 fully saturated rings. The molecule has 0 saturated carbocycles. The van der Waals surface area contributed by atoms with Gasteiger partial charge in [0.05, 0.1) is 17.7 Å². The summed E-state index contributed by atoms with van der Waals surface area (Å²) in [6.45, 7) is 14.8. The zero-order chi connectivity index (χ0) is 16.7.